The molecule has 6 nitrogen and oxygen atoms in total. The summed E-state index contributed by atoms with van der Waals surface area (Å²) in [4.78, 5) is 23.4. The van der Waals surface area contributed by atoms with Gasteiger partial charge in [0.15, 0.2) is 0 Å². The molecule has 2 N–H and O–H groups in total. The molecule has 29 heavy (non-hydrogen) atoms. The van der Waals surface area contributed by atoms with Crippen LogP contribution in [0.1, 0.15) is 26.5 Å². The minimum atomic E-state index is -0.981. The Bertz CT molecular complexity index is 1220. The van der Waals surface area contributed by atoms with Crippen LogP contribution in [-0.2, 0) is 0 Å². The lowest BCUT2D eigenvalue weighted by molar-refractivity contribution is 0.0696. The molecule has 0 aliphatic rings. The van der Waals surface area contributed by atoms with Gasteiger partial charge in [-0.05, 0) is 41.1 Å². The van der Waals surface area contributed by atoms with Crippen molar-refractivity contribution >= 4 is 28.9 Å². The van der Waals surface area contributed by atoms with Crippen molar-refractivity contribution in [3.8, 4) is 11.3 Å². The molecule has 0 radical (unpaired) electrons. The minimum Gasteiger partial charge on any atom is -0.478 e. The smallest absolute Gasteiger partial charge is 0.335 e. The Labute approximate surface area is 166 Å². The summed E-state index contributed by atoms with van der Waals surface area (Å²) in [5.41, 5.74) is 4.01. The van der Waals surface area contributed by atoms with E-state index in [1.165, 1.54) is 18.3 Å². The molecule has 0 saturated carbocycles. The van der Waals surface area contributed by atoms with Gasteiger partial charge in [-0.15, -0.1) is 0 Å². The number of fused-ring (bicyclic) bond motifs is 1. The molecule has 142 valence electrons. The van der Waals surface area contributed by atoms with E-state index in [9.17, 15) is 9.59 Å². The number of amides is 1. The van der Waals surface area contributed by atoms with Crippen molar-refractivity contribution in [2.24, 2.45) is 5.10 Å². The summed E-state index contributed by atoms with van der Waals surface area (Å²) < 4.78 is 5.68. The molecule has 0 saturated heterocycles. The monoisotopic (exact) mass is 384 g/mol. The number of carboxylic acids is 1. The molecular weight excluding hydrogens is 368 g/mol. The fourth-order valence-corrected chi connectivity index (χ4v) is 2.99. The van der Waals surface area contributed by atoms with E-state index in [1.807, 2.05) is 36.4 Å². The number of hydrogen-bond acceptors (Lipinski definition) is 4. The van der Waals surface area contributed by atoms with E-state index in [1.54, 1.807) is 30.3 Å². The molecule has 4 rings (SSSR count). The van der Waals surface area contributed by atoms with Gasteiger partial charge in [-0.1, -0.05) is 48.5 Å². The Hall–Kier alpha value is -4.19. The zero-order chi connectivity index (χ0) is 20.2. The fraction of sp³-hybridized carbons (Fsp3) is 0. The van der Waals surface area contributed by atoms with Crippen molar-refractivity contribution in [1.82, 2.24) is 5.43 Å². The summed E-state index contributed by atoms with van der Waals surface area (Å²) in [5, 5.41) is 14.8. The summed E-state index contributed by atoms with van der Waals surface area (Å²) in [7, 11) is 0. The molecule has 0 unspecified atom stereocenters. The molecule has 0 spiro atoms. The van der Waals surface area contributed by atoms with E-state index < -0.39 is 5.97 Å². The number of furan rings is 1. The van der Waals surface area contributed by atoms with E-state index in [0.29, 0.717) is 17.1 Å². The van der Waals surface area contributed by atoms with Gasteiger partial charge in [0.25, 0.3) is 5.91 Å². The maximum atomic E-state index is 12.5. The summed E-state index contributed by atoms with van der Waals surface area (Å²) >= 11 is 0. The zero-order valence-corrected chi connectivity index (χ0v) is 15.2. The van der Waals surface area contributed by atoms with E-state index in [0.717, 1.165) is 16.3 Å². The molecule has 0 atom stereocenters. The molecule has 0 bridgehead atoms. The fourth-order valence-electron chi connectivity index (χ4n) is 2.99. The maximum Gasteiger partial charge on any atom is 0.335 e. The van der Waals surface area contributed by atoms with Crippen LogP contribution >= 0.6 is 0 Å². The normalized spacial score (nSPS) is 11.0. The van der Waals surface area contributed by atoms with Gasteiger partial charge >= 0.3 is 5.97 Å². The van der Waals surface area contributed by atoms with Gasteiger partial charge < -0.3 is 9.52 Å². The first-order valence-corrected chi connectivity index (χ1v) is 8.86. The first kappa shape index (κ1) is 18.2. The van der Waals surface area contributed by atoms with Gasteiger partial charge in [-0.3, -0.25) is 4.79 Å². The first-order chi connectivity index (χ1) is 14.1. The number of rotatable bonds is 5. The van der Waals surface area contributed by atoms with Crippen LogP contribution in [0.4, 0.5) is 0 Å². The van der Waals surface area contributed by atoms with Crippen LogP contribution in [0.2, 0.25) is 0 Å². The third-order valence-corrected chi connectivity index (χ3v) is 4.44. The molecule has 3 aromatic carbocycles. The second-order valence-electron chi connectivity index (χ2n) is 6.31. The lowest BCUT2D eigenvalue weighted by atomic mass is 10.0. The molecule has 6 heteroatoms. The van der Waals surface area contributed by atoms with Crippen molar-refractivity contribution in [1.29, 1.82) is 0 Å². The van der Waals surface area contributed by atoms with Crippen LogP contribution < -0.4 is 5.43 Å². The van der Waals surface area contributed by atoms with Crippen LogP contribution in [0, 0.1) is 0 Å². The average molecular weight is 384 g/mol. The zero-order valence-electron chi connectivity index (χ0n) is 15.2. The number of carboxylic acid groups (broad SMARTS) is 1. The highest BCUT2D eigenvalue weighted by Gasteiger charge is 2.09. The second kappa shape index (κ2) is 7.82. The van der Waals surface area contributed by atoms with Gasteiger partial charge in [-0.2, -0.15) is 5.10 Å². The topological polar surface area (TPSA) is 91.9 Å². The number of carbonyl (C=O) groups excluding carboxylic acids is 1. The van der Waals surface area contributed by atoms with Gasteiger partial charge in [0, 0.05) is 11.1 Å². The summed E-state index contributed by atoms with van der Waals surface area (Å²) in [6, 6.07) is 23.0. The van der Waals surface area contributed by atoms with Gasteiger partial charge in [0.1, 0.15) is 11.5 Å². The first-order valence-electron chi connectivity index (χ1n) is 8.86. The van der Waals surface area contributed by atoms with E-state index >= 15 is 0 Å². The highest BCUT2D eigenvalue weighted by molar-refractivity contribution is 6.07. The second-order valence-corrected chi connectivity index (χ2v) is 6.31. The van der Waals surface area contributed by atoms with E-state index in [-0.39, 0.29) is 11.5 Å². The van der Waals surface area contributed by atoms with Gasteiger partial charge in [0.05, 0.1) is 11.8 Å². The standard InChI is InChI=1S/C23H16N2O4/c26-22(20-7-3-5-15-4-1-2-6-19(15)20)25-24-14-18-12-13-21(29-18)16-8-10-17(11-9-16)23(27)28/h1-14H,(H,25,26)(H,27,28)/b24-14+. The van der Waals surface area contributed by atoms with Crippen molar-refractivity contribution < 1.29 is 19.1 Å². The van der Waals surface area contributed by atoms with Crippen LogP contribution in [0.3, 0.4) is 0 Å². The molecule has 4 aromatic rings. The Morgan fingerprint density at radius 3 is 2.45 bits per heavy atom. The van der Waals surface area contributed by atoms with Crippen LogP contribution in [0.25, 0.3) is 22.1 Å². The maximum absolute atomic E-state index is 12.5. The van der Waals surface area contributed by atoms with Crippen molar-refractivity contribution in [2.75, 3.05) is 0 Å². The SMILES string of the molecule is O=C(O)c1ccc(-c2ccc(/C=N/NC(=O)c3cccc4ccccc34)o2)cc1. The van der Waals surface area contributed by atoms with Crippen molar-refractivity contribution in [3.05, 3.63) is 95.7 Å². The minimum absolute atomic E-state index is 0.207. The third kappa shape index (κ3) is 3.91. The van der Waals surface area contributed by atoms with Crippen LogP contribution in [0.15, 0.2) is 88.4 Å². The molecule has 1 aromatic heterocycles. The average Bonchev–Trinajstić information content (AvgIpc) is 3.22. The Morgan fingerprint density at radius 1 is 0.897 bits per heavy atom. The van der Waals surface area contributed by atoms with Crippen LogP contribution in [0.5, 0.6) is 0 Å². The highest BCUT2D eigenvalue weighted by Crippen LogP contribution is 2.22. The molecule has 1 amide bonds. The predicted molar refractivity (Wildman–Crippen MR) is 110 cm³/mol. The summed E-state index contributed by atoms with van der Waals surface area (Å²) in [6.45, 7) is 0. The molecule has 0 aliphatic carbocycles. The van der Waals surface area contributed by atoms with E-state index in [2.05, 4.69) is 10.5 Å². The number of hydrazone groups is 1. The summed E-state index contributed by atoms with van der Waals surface area (Å²) in [6.07, 6.45) is 1.41. The number of carbonyl (C=O) groups is 2. The number of aromatic carboxylic acids is 1. The van der Waals surface area contributed by atoms with Crippen molar-refractivity contribution in [3.63, 3.8) is 0 Å². The predicted octanol–water partition coefficient (Wildman–Crippen LogP) is 4.56. The lowest BCUT2D eigenvalue weighted by Gasteiger charge is -2.04. The van der Waals surface area contributed by atoms with E-state index in [4.69, 9.17) is 9.52 Å². The Kier molecular flexibility index (Phi) is 4.90. The lowest BCUT2D eigenvalue weighted by Crippen LogP contribution is -2.17. The largest absolute Gasteiger partial charge is 0.478 e. The number of benzene rings is 3. The Morgan fingerprint density at radius 2 is 1.66 bits per heavy atom. The number of nitrogens with zero attached hydrogens (tertiary/aromatic N) is 1. The highest BCUT2D eigenvalue weighted by atomic mass is 16.4. The van der Waals surface area contributed by atoms with Gasteiger partial charge in [-0.25, -0.2) is 10.2 Å². The van der Waals surface area contributed by atoms with Crippen molar-refractivity contribution in [2.45, 2.75) is 0 Å². The summed E-state index contributed by atoms with van der Waals surface area (Å²) in [5.74, 6) is -0.260. The van der Waals surface area contributed by atoms with Gasteiger partial charge in [0.2, 0.25) is 0 Å². The molecule has 0 aliphatic heterocycles. The third-order valence-electron chi connectivity index (χ3n) is 4.44. The molecular formula is C23H16N2O4. The molecule has 0 fully saturated rings. The van der Waals surface area contributed by atoms with Crippen LogP contribution in [-0.4, -0.2) is 23.2 Å². The quantitative estimate of drug-likeness (QED) is 0.390. The number of nitrogens with one attached hydrogen (secondary N) is 1. The number of hydrogen-bond donors (Lipinski definition) is 2. The Balaban J connectivity index is 1.46. The molecule has 1 heterocycles.